The lowest BCUT2D eigenvalue weighted by Crippen LogP contribution is -2.39. The first-order chi connectivity index (χ1) is 12.0. The van der Waals surface area contributed by atoms with E-state index in [0.29, 0.717) is 18.8 Å². The van der Waals surface area contributed by atoms with Crippen LogP contribution in [0.3, 0.4) is 0 Å². The molecular weight excluding hydrogens is 330 g/mol. The minimum Gasteiger partial charge on any atom is -0.395 e. The predicted octanol–water partition coefficient (Wildman–Crippen LogP) is 3.00. The van der Waals surface area contributed by atoms with Crippen LogP contribution in [0.5, 0.6) is 11.5 Å². The Morgan fingerprint density at radius 2 is 1.88 bits per heavy atom. The van der Waals surface area contributed by atoms with Gasteiger partial charge in [-0.15, -0.1) is 8.78 Å². The third kappa shape index (κ3) is 3.22. The molecule has 2 aromatic carbocycles. The first-order valence-corrected chi connectivity index (χ1v) is 7.98. The quantitative estimate of drug-likeness (QED) is 0.928. The molecule has 0 bridgehead atoms. The topological polar surface area (TPSA) is 50.8 Å². The maximum atomic E-state index is 13.0. The zero-order valence-corrected chi connectivity index (χ0v) is 13.3. The van der Waals surface area contributed by atoms with Gasteiger partial charge >= 0.3 is 6.29 Å². The van der Waals surface area contributed by atoms with Gasteiger partial charge in [0, 0.05) is 24.8 Å². The van der Waals surface area contributed by atoms with Crippen LogP contribution in [0.25, 0.3) is 0 Å². The summed E-state index contributed by atoms with van der Waals surface area (Å²) < 4.78 is 34.8. The molecule has 0 unspecified atom stereocenters. The molecule has 0 radical (unpaired) electrons. The van der Waals surface area contributed by atoms with E-state index in [9.17, 15) is 13.6 Å². The van der Waals surface area contributed by atoms with Crippen LogP contribution in [0, 0.1) is 0 Å². The summed E-state index contributed by atoms with van der Waals surface area (Å²) in [6, 6.07) is 12.4. The smallest absolute Gasteiger partial charge is 0.395 e. The van der Waals surface area contributed by atoms with Gasteiger partial charge in [0.2, 0.25) is 5.91 Å². The van der Waals surface area contributed by atoms with Gasteiger partial charge < -0.3 is 19.7 Å². The molecule has 0 saturated heterocycles. The largest absolute Gasteiger partial charge is 0.586 e. The standard InChI is InChI=1S/C18H16F2N2O3/c19-18(20)24-15-6-5-14(9-16(15)25-18)21-10-17(23)22-8-7-12-3-1-2-4-13(12)11-22/h1-6,9,21H,7-8,10-11H2. The van der Waals surface area contributed by atoms with E-state index in [-0.39, 0.29) is 24.0 Å². The lowest BCUT2D eigenvalue weighted by Gasteiger charge is -2.29. The molecule has 2 aromatic rings. The van der Waals surface area contributed by atoms with E-state index in [0.717, 1.165) is 12.0 Å². The number of amides is 1. The van der Waals surface area contributed by atoms with Crippen LogP contribution in [-0.4, -0.2) is 30.2 Å². The molecule has 0 aliphatic carbocycles. The first kappa shape index (κ1) is 15.7. The summed E-state index contributed by atoms with van der Waals surface area (Å²) in [6.07, 6.45) is -2.81. The van der Waals surface area contributed by atoms with Crippen LogP contribution in [-0.2, 0) is 17.8 Å². The average Bonchev–Trinajstić information content (AvgIpc) is 2.92. The Morgan fingerprint density at radius 3 is 2.72 bits per heavy atom. The number of rotatable bonds is 3. The van der Waals surface area contributed by atoms with Gasteiger partial charge in [0.1, 0.15) is 0 Å². The third-order valence-corrected chi connectivity index (χ3v) is 4.33. The summed E-state index contributed by atoms with van der Waals surface area (Å²) in [5, 5.41) is 2.95. The van der Waals surface area contributed by atoms with Gasteiger partial charge in [0.15, 0.2) is 11.5 Å². The fraction of sp³-hybridized carbons (Fsp3) is 0.278. The fourth-order valence-corrected chi connectivity index (χ4v) is 3.06. The Balaban J connectivity index is 1.37. The number of halogens is 2. The van der Waals surface area contributed by atoms with E-state index < -0.39 is 6.29 Å². The molecule has 1 N–H and O–H groups in total. The van der Waals surface area contributed by atoms with E-state index in [1.165, 1.54) is 17.7 Å². The lowest BCUT2D eigenvalue weighted by molar-refractivity contribution is -0.286. The van der Waals surface area contributed by atoms with Gasteiger partial charge in [-0.3, -0.25) is 4.79 Å². The number of anilines is 1. The zero-order valence-electron chi connectivity index (χ0n) is 13.3. The number of nitrogens with zero attached hydrogens (tertiary/aromatic N) is 1. The number of carbonyl (C=O) groups is 1. The van der Waals surface area contributed by atoms with Crippen molar-refractivity contribution in [1.82, 2.24) is 4.90 Å². The number of carbonyl (C=O) groups excluding carboxylic acids is 1. The number of ether oxygens (including phenoxy) is 2. The second kappa shape index (κ2) is 5.91. The molecule has 2 aliphatic heterocycles. The van der Waals surface area contributed by atoms with Crippen molar-refractivity contribution in [3.05, 3.63) is 53.6 Å². The van der Waals surface area contributed by atoms with Crippen molar-refractivity contribution >= 4 is 11.6 Å². The fourth-order valence-electron chi connectivity index (χ4n) is 3.06. The van der Waals surface area contributed by atoms with Crippen LogP contribution in [0.4, 0.5) is 14.5 Å². The second-order valence-corrected chi connectivity index (χ2v) is 6.02. The Morgan fingerprint density at radius 1 is 1.12 bits per heavy atom. The maximum Gasteiger partial charge on any atom is 0.586 e. The molecule has 7 heteroatoms. The summed E-state index contributed by atoms with van der Waals surface area (Å²) >= 11 is 0. The van der Waals surface area contributed by atoms with Crippen LogP contribution in [0.15, 0.2) is 42.5 Å². The number of alkyl halides is 2. The van der Waals surface area contributed by atoms with Crippen LogP contribution < -0.4 is 14.8 Å². The van der Waals surface area contributed by atoms with Gasteiger partial charge in [-0.05, 0) is 29.7 Å². The normalized spacial score (nSPS) is 17.1. The molecule has 2 aliphatic rings. The first-order valence-electron chi connectivity index (χ1n) is 7.98. The van der Waals surface area contributed by atoms with Crippen LogP contribution in [0.1, 0.15) is 11.1 Å². The van der Waals surface area contributed by atoms with Crippen molar-refractivity contribution < 1.29 is 23.0 Å². The van der Waals surface area contributed by atoms with Crippen LogP contribution >= 0.6 is 0 Å². The van der Waals surface area contributed by atoms with Crippen LogP contribution in [0.2, 0.25) is 0 Å². The second-order valence-electron chi connectivity index (χ2n) is 6.02. The SMILES string of the molecule is O=C(CNc1ccc2c(c1)OC(F)(F)O2)N1CCc2ccccc2C1. The molecule has 5 nitrogen and oxygen atoms in total. The minimum atomic E-state index is -3.64. The van der Waals surface area contributed by atoms with Crippen molar-refractivity contribution in [2.75, 3.05) is 18.4 Å². The van der Waals surface area contributed by atoms with Gasteiger partial charge in [0.25, 0.3) is 0 Å². The third-order valence-electron chi connectivity index (χ3n) is 4.33. The van der Waals surface area contributed by atoms with Crippen molar-refractivity contribution in [1.29, 1.82) is 0 Å². The summed E-state index contributed by atoms with van der Waals surface area (Å²) in [7, 11) is 0. The Hall–Kier alpha value is -2.83. The number of fused-ring (bicyclic) bond motifs is 2. The van der Waals surface area contributed by atoms with Crippen molar-refractivity contribution in [2.24, 2.45) is 0 Å². The Bertz CT molecular complexity index is 826. The number of benzene rings is 2. The molecule has 0 saturated carbocycles. The van der Waals surface area contributed by atoms with Crippen molar-refractivity contribution in [2.45, 2.75) is 19.3 Å². The molecule has 2 heterocycles. The average molecular weight is 346 g/mol. The molecule has 4 rings (SSSR count). The molecule has 130 valence electrons. The van der Waals surface area contributed by atoms with E-state index in [1.807, 2.05) is 18.2 Å². The highest BCUT2D eigenvalue weighted by molar-refractivity contribution is 5.81. The van der Waals surface area contributed by atoms with Gasteiger partial charge in [-0.1, -0.05) is 24.3 Å². The lowest BCUT2D eigenvalue weighted by atomic mass is 10.00. The monoisotopic (exact) mass is 346 g/mol. The van der Waals surface area contributed by atoms with Crippen molar-refractivity contribution in [3.63, 3.8) is 0 Å². The van der Waals surface area contributed by atoms with Gasteiger partial charge in [0.05, 0.1) is 6.54 Å². The summed E-state index contributed by atoms with van der Waals surface area (Å²) in [6.45, 7) is 1.34. The molecule has 0 spiro atoms. The highest BCUT2D eigenvalue weighted by Crippen LogP contribution is 2.42. The number of nitrogens with one attached hydrogen (secondary N) is 1. The molecule has 25 heavy (non-hydrogen) atoms. The summed E-state index contributed by atoms with van der Waals surface area (Å²) in [5.74, 6) is -0.110. The summed E-state index contributed by atoms with van der Waals surface area (Å²) in [5.41, 5.74) is 2.95. The van der Waals surface area contributed by atoms with E-state index in [2.05, 4.69) is 20.9 Å². The molecular formula is C18H16F2N2O3. The molecule has 1 amide bonds. The number of hydrogen-bond donors (Lipinski definition) is 1. The van der Waals surface area contributed by atoms with Crippen molar-refractivity contribution in [3.8, 4) is 11.5 Å². The molecule has 0 aromatic heterocycles. The minimum absolute atomic E-state index is 0.0190. The van der Waals surface area contributed by atoms with E-state index in [4.69, 9.17) is 0 Å². The summed E-state index contributed by atoms with van der Waals surface area (Å²) in [4.78, 5) is 14.2. The zero-order chi connectivity index (χ0) is 17.4. The molecule has 0 atom stereocenters. The number of hydrogen-bond acceptors (Lipinski definition) is 4. The Labute approximate surface area is 143 Å². The maximum absolute atomic E-state index is 13.0. The molecule has 0 fully saturated rings. The highest BCUT2D eigenvalue weighted by Gasteiger charge is 2.43. The van der Waals surface area contributed by atoms with E-state index in [1.54, 1.807) is 11.0 Å². The van der Waals surface area contributed by atoms with Gasteiger partial charge in [-0.25, -0.2) is 0 Å². The van der Waals surface area contributed by atoms with E-state index >= 15 is 0 Å². The predicted molar refractivity (Wildman–Crippen MR) is 86.7 cm³/mol. The van der Waals surface area contributed by atoms with Gasteiger partial charge in [-0.2, -0.15) is 0 Å². The Kier molecular flexibility index (Phi) is 3.71. The highest BCUT2D eigenvalue weighted by atomic mass is 19.3.